The number of nitrogens with two attached hydrogens (primary N) is 1. The van der Waals surface area contributed by atoms with E-state index >= 15 is 0 Å². The Bertz CT molecular complexity index is 542. The first-order chi connectivity index (χ1) is 8.77. The van der Waals surface area contributed by atoms with Crippen LogP contribution < -0.4 is 10.5 Å². The average Bonchev–Trinajstić information content (AvgIpc) is 2.31. The fraction of sp³-hybridized carbons (Fsp3) is 0.538. The lowest BCUT2D eigenvalue weighted by atomic mass is 10.1. The van der Waals surface area contributed by atoms with Crippen LogP contribution in [0.3, 0.4) is 0 Å². The zero-order valence-corrected chi connectivity index (χ0v) is 13.5. The largest absolute Gasteiger partial charge is 0.398 e. The normalized spacial score (nSPS) is 13.5. The van der Waals surface area contributed by atoms with Gasteiger partial charge in [0.05, 0.1) is 4.90 Å². The molecular weight excluding hydrogens is 280 g/mol. The number of benzene rings is 1. The van der Waals surface area contributed by atoms with Gasteiger partial charge in [-0.1, -0.05) is 6.92 Å². The zero-order valence-electron chi connectivity index (χ0n) is 11.9. The van der Waals surface area contributed by atoms with E-state index in [0.29, 0.717) is 23.7 Å². The third-order valence-corrected chi connectivity index (χ3v) is 5.36. The maximum absolute atomic E-state index is 12.3. The van der Waals surface area contributed by atoms with Crippen LogP contribution >= 0.6 is 11.8 Å². The highest BCUT2D eigenvalue weighted by molar-refractivity contribution is 7.98. The lowest BCUT2D eigenvalue weighted by Gasteiger charge is -2.14. The molecule has 1 atom stereocenters. The molecule has 4 nitrogen and oxygen atoms in total. The van der Waals surface area contributed by atoms with E-state index < -0.39 is 10.0 Å². The summed E-state index contributed by atoms with van der Waals surface area (Å²) in [4.78, 5) is 0.279. The van der Waals surface area contributed by atoms with Crippen molar-refractivity contribution in [3.8, 4) is 0 Å². The van der Waals surface area contributed by atoms with E-state index in [4.69, 9.17) is 5.73 Å². The maximum Gasteiger partial charge on any atom is 0.240 e. The van der Waals surface area contributed by atoms with Crippen molar-refractivity contribution in [1.29, 1.82) is 0 Å². The molecule has 1 aromatic rings. The van der Waals surface area contributed by atoms with Crippen molar-refractivity contribution in [2.24, 2.45) is 5.92 Å². The first-order valence-electron chi connectivity index (χ1n) is 6.13. The van der Waals surface area contributed by atoms with Crippen molar-refractivity contribution in [1.82, 2.24) is 4.72 Å². The molecule has 0 aliphatic carbocycles. The minimum atomic E-state index is -3.49. The van der Waals surface area contributed by atoms with Crippen molar-refractivity contribution < 1.29 is 8.42 Å². The van der Waals surface area contributed by atoms with E-state index in [1.165, 1.54) is 0 Å². The summed E-state index contributed by atoms with van der Waals surface area (Å²) in [6, 6.07) is 3.44. The summed E-state index contributed by atoms with van der Waals surface area (Å²) in [6.07, 6.45) is 2.01. The number of nitrogens with one attached hydrogen (secondary N) is 1. The zero-order chi connectivity index (χ0) is 14.6. The van der Waals surface area contributed by atoms with Crippen LogP contribution in [0, 0.1) is 19.8 Å². The number of hydrogen-bond acceptors (Lipinski definition) is 4. The smallest absolute Gasteiger partial charge is 0.240 e. The van der Waals surface area contributed by atoms with Gasteiger partial charge in [-0.05, 0) is 55.0 Å². The van der Waals surface area contributed by atoms with Crippen LogP contribution in [0.4, 0.5) is 5.69 Å². The number of aryl methyl sites for hydroxylation is 1. The third kappa shape index (κ3) is 4.40. The Kier molecular flexibility index (Phi) is 5.70. The molecule has 0 radical (unpaired) electrons. The highest BCUT2D eigenvalue weighted by Crippen LogP contribution is 2.23. The summed E-state index contributed by atoms with van der Waals surface area (Å²) in [7, 11) is -3.49. The molecule has 0 heterocycles. The van der Waals surface area contributed by atoms with E-state index in [2.05, 4.69) is 4.72 Å². The van der Waals surface area contributed by atoms with Gasteiger partial charge >= 0.3 is 0 Å². The number of anilines is 1. The van der Waals surface area contributed by atoms with E-state index in [0.717, 1.165) is 11.3 Å². The molecule has 108 valence electrons. The van der Waals surface area contributed by atoms with Gasteiger partial charge in [0.2, 0.25) is 10.0 Å². The Morgan fingerprint density at radius 2 is 2.00 bits per heavy atom. The van der Waals surface area contributed by atoms with Gasteiger partial charge in [-0.2, -0.15) is 11.8 Å². The topological polar surface area (TPSA) is 72.2 Å². The minimum absolute atomic E-state index is 0.279. The van der Waals surface area contributed by atoms with Crippen molar-refractivity contribution >= 4 is 27.5 Å². The van der Waals surface area contributed by atoms with Gasteiger partial charge in [-0.3, -0.25) is 0 Å². The molecule has 1 unspecified atom stereocenters. The molecule has 0 aliphatic rings. The van der Waals surface area contributed by atoms with Gasteiger partial charge in [0.25, 0.3) is 0 Å². The summed E-state index contributed by atoms with van der Waals surface area (Å²) in [6.45, 7) is 6.03. The molecule has 0 aromatic heterocycles. The predicted molar refractivity (Wildman–Crippen MR) is 83.1 cm³/mol. The quantitative estimate of drug-likeness (QED) is 0.790. The van der Waals surface area contributed by atoms with Crippen molar-refractivity contribution in [3.63, 3.8) is 0 Å². The van der Waals surface area contributed by atoms with Gasteiger partial charge in [0, 0.05) is 12.2 Å². The monoisotopic (exact) mass is 302 g/mol. The molecule has 0 amide bonds. The van der Waals surface area contributed by atoms with Crippen LogP contribution in [-0.4, -0.2) is 27.0 Å². The predicted octanol–water partition coefficient (Wildman–Crippen LogP) is 2.16. The van der Waals surface area contributed by atoms with Crippen LogP contribution in [0.1, 0.15) is 18.1 Å². The number of thioether (sulfide) groups is 1. The lowest BCUT2D eigenvalue weighted by molar-refractivity contribution is 0.562. The SMILES string of the molecule is CSCC(C)CNS(=O)(=O)c1cc(C)cc(N)c1C. The van der Waals surface area contributed by atoms with Gasteiger partial charge in [0.1, 0.15) is 0 Å². The van der Waals surface area contributed by atoms with E-state index in [9.17, 15) is 8.42 Å². The Morgan fingerprint density at radius 1 is 1.37 bits per heavy atom. The molecule has 3 N–H and O–H groups in total. The molecule has 0 bridgehead atoms. The Hall–Kier alpha value is -0.720. The second kappa shape index (κ2) is 6.63. The number of sulfonamides is 1. The first kappa shape index (κ1) is 16.3. The molecule has 0 saturated carbocycles. The molecule has 0 aliphatic heterocycles. The number of rotatable bonds is 6. The maximum atomic E-state index is 12.3. The number of hydrogen-bond donors (Lipinski definition) is 2. The Labute approximate surface area is 120 Å². The van der Waals surface area contributed by atoms with Crippen LogP contribution in [0.15, 0.2) is 17.0 Å². The van der Waals surface area contributed by atoms with E-state index in [-0.39, 0.29) is 4.90 Å². The molecule has 19 heavy (non-hydrogen) atoms. The molecule has 0 saturated heterocycles. The fourth-order valence-electron chi connectivity index (χ4n) is 1.80. The third-order valence-electron chi connectivity index (χ3n) is 2.91. The van der Waals surface area contributed by atoms with Gasteiger partial charge in [-0.25, -0.2) is 13.1 Å². The second-order valence-electron chi connectivity index (χ2n) is 4.89. The summed E-state index contributed by atoms with van der Waals surface area (Å²) in [5.74, 6) is 1.23. The summed E-state index contributed by atoms with van der Waals surface area (Å²) < 4.78 is 27.2. The van der Waals surface area contributed by atoms with Crippen LogP contribution in [0.5, 0.6) is 0 Å². The van der Waals surface area contributed by atoms with Crippen LogP contribution in [0.2, 0.25) is 0 Å². The first-order valence-corrected chi connectivity index (χ1v) is 9.01. The van der Waals surface area contributed by atoms with Crippen molar-refractivity contribution in [2.45, 2.75) is 25.7 Å². The molecule has 1 rings (SSSR count). The summed E-state index contributed by atoms with van der Waals surface area (Å²) in [5.41, 5.74) is 7.79. The van der Waals surface area contributed by atoms with Crippen molar-refractivity contribution in [2.75, 3.05) is 24.3 Å². The van der Waals surface area contributed by atoms with Gasteiger partial charge in [-0.15, -0.1) is 0 Å². The Balaban J connectivity index is 2.95. The molecule has 0 spiro atoms. The number of nitrogen functional groups attached to an aromatic ring is 1. The van der Waals surface area contributed by atoms with Gasteiger partial charge in [0.15, 0.2) is 0 Å². The highest BCUT2D eigenvalue weighted by Gasteiger charge is 2.19. The standard InChI is InChI=1S/C13H22N2O2S2/c1-9-5-12(14)11(3)13(6-9)19(16,17)15-7-10(2)8-18-4/h5-6,10,15H,7-8,14H2,1-4H3. The second-order valence-corrected chi connectivity index (χ2v) is 7.54. The highest BCUT2D eigenvalue weighted by atomic mass is 32.2. The minimum Gasteiger partial charge on any atom is -0.398 e. The van der Waals surface area contributed by atoms with Crippen LogP contribution in [-0.2, 0) is 10.0 Å². The van der Waals surface area contributed by atoms with E-state index in [1.54, 1.807) is 30.8 Å². The molecule has 1 aromatic carbocycles. The lowest BCUT2D eigenvalue weighted by Crippen LogP contribution is -2.30. The van der Waals surface area contributed by atoms with Gasteiger partial charge < -0.3 is 5.73 Å². The summed E-state index contributed by atoms with van der Waals surface area (Å²) in [5, 5.41) is 0. The van der Waals surface area contributed by atoms with E-state index in [1.807, 2.05) is 20.1 Å². The Morgan fingerprint density at radius 3 is 2.58 bits per heavy atom. The molecule has 6 heteroatoms. The van der Waals surface area contributed by atoms with Crippen LogP contribution in [0.25, 0.3) is 0 Å². The molecule has 0 fully saturated rings. The molecular formula is C13H22N2O2S2. The average molecular weight is 302 g/mol. The summed E-state index contributed by atoms with van der Waals surface area (Å²) >= 11 is 1.71. The van der Waals surface area contributed by atoms with Crippen molar-refractivity contribution in [3.05, 3.63) is 23.3 Å². The fourth-order valence-corrected chi connectivity index (χ4v) is 4.01.